The van der Waals surface area contributed by atoms with E-state index in [4.69, 9.17) is 0 Å². The highest BCUT2D eigenvalue weighted by Gasteiger charge is 2.37. The van der Waals surface area contributed by atoms with Crippen molar-refractivity contribution in [1.29, 1.82) is 0 Å². The van der Waals surface area contributed by atoms with Gasteiger partial charge in [-0.25, -0.2) is 0 Å². The zero-order chi connectivity index (χ0) is 13.6. The van der Waals surface area contributed by atoms with E-state index in [0.29, 0.717) is 0 Å². The van der Waals surface area contributed by atoms with E-state index in [-0.39, 0.29) is 0 Å². The zero-order valence-corrected chi connectivity index (χ0v) is 14.1. The van der Waals surface area contributed by atoms with Gasteiger partial charge >= 0.3 is 0 Å². The smallest absolute Gasteiger partial charge is 0.0837 e. The van der Waals surface area contributed by atoms with Crippen LogP contribution in [0.2, 0.25) is 0 Å². The third kappa shape index (κ3) is 4.82. The monoisotopic (exact) mass is 260 g/mol. The lowest BCUT2D eigenvalue weighted by molar-refractivity contribution is -0.985. The summed E-state index contributed by atoms with van der Waals surface area (Å²) in [7, 11) is 0. The van der Waals surface area contributed by atoms with Crippen LogP contribution in [0.1, 0.15) is 61.8 Å². The molecule has 0 heterocycles. The maximum Gasteiger partial charge on any atom is 0.0837 e. The average Bonchev–Trinajstić information content (AvgIpc) is 2.15. The number of rotatable bonds is 8. The van der Waals surface area contributed by atoms with Crippen molar-refractivity contribution >= 4 is 11.8 Å². The van der Waals surface area contributed by atoms with Gasteiger partial charge in [0, 0.05) is 6.42 Å². The normalized spacial score (nSPS) is 13.4. The highest BCUT2D eigenvalue weighted by molar-refractivity contribution is 7.99. The Morgan fingerprint density at radius 3 is 1.47 bits per heavy atom. The SMILES string of the molecule is CC(C)SCCC[N+](C(C)C)(C(C)C)C(C)C. The Kier molecular flexibility index (Phi) is 7.82. The highest BCUT2D eigenvalue weighted by atomic mass is 32.2. The molecule has 0 N–H and O–H groups in total. The van der Waals surface area contributed by atoms with Gasteiger partial charge in [0.1, 0.15) is 0 Å². The number of hydrogen-bond acceptors (Lipinski definition) is 1. The van der Waals surface area contributed by atoms with Crippen LogP contribution >= 0.6 is 11.8 Å². The fourth-order valence-corrected chi connectivity index (χ4v) is 3.99. The molecular weight excluding hydrogens is 226 g/mol. The second-order valence-corrected chi connectivity index (χ2v) is 7.96. The molecule has 0 aromatic heterocycles. The summed E-state index contributed by atoms with van der Waals surface area (Å²) in [6.45, 7) is 20.2. The molecule has 0 amide bonds. The van der Waals surface area contributed by atoms with E-state index in [9.17, 15) is 0 Å². The molecular formula is C15H34NS+. The number of nitrogens with zero attached hydrogens (tertiary/aromatic N) is 1. The molecule has 0 aromatic carbocycles. The standard InChI is InChI=1S/C15H34NS/c1-12(2)16(13(3)4,14(5)6)10-9-11-17-15(7)8/h12-15H,9-11H2,1-8H3/q+1. The van der Waals surface area contributed by atoms with E-state index in [1.54, 1.807) is 0 Å². The van der Waals surface area contributed by atoms with Crippen molar-refractivity contribution in [3.8, 4) is 0 Å². The van der Waals surface area contributed by atoms with E-state index in [1.807, 2.05) is 0 Å². The van der Waals surface area contributed by atoms with Gasteiger partial charge in [0.05, 0.1) is 24.7 Å². The summed E-state index contributed by atoms with van der Waals surface area (Å²) >= 11 is 2.10. The summed E-state index contributed by atoms with van der Waals surface area (Å²) in [5.74, 6) is 1.31. The molecule has 0 atom stereocenters. The van der Waals surface area contributed by atoms with Crippen LogP contribution in [0.3, 0.4) is 0 Å². The van der Waals surface area contributed by atoms with Gasteiger partial charge in [-0.15, -0.1) is 0 Å². The summed E-state index contributed by atoms with van der Waals surface area (Å²) in [4.78, 5) is 0. The third-order valence-electron chi connectivity index (χ3n) is 4.03. The Balaban J connectivity index is 4.49. The van der Waals surface area contributed by atoms with E-state index < -0.39 is 0 Å². The molecule has 17 heavy (non-hydrogen) atoms. The van der Waals surface area contributed by atoms with Crippen molar-refractivity contribution in [1.82, 2.24) is 0 Å². The molecule has 1 nitrogen and oxygen atoms in total. The predicted molar refractivity (Wildman–Crippen MR) is 82.7 cm³/mol. The minimum Gasteiger partial charge on any atom is -0.318 e. The molecule has 104 valence electrons. The molecule has 0 saturated carbocycles. The molecule has 0 aliphatic carbocycles. The van der Waals surface area contributed by atoms with Crippen LogP contribution in [0.5, 0.6) is 0 Å². The van der Waals surface area contributed by atoms with E-state index >= 15 is 0 Å². The first-order valence-electron chi connectivity index (χ1n) is 7.23. The largest absolute Gasteiger partial charge is 0.318 e. The van der Waals surface area contributed by atoms with Crippen molar-refractivity contribution in [2.75, 3.05) is 12.3 Å². The Morgan fingerprint density at radius 1 is 0.765 bits per heavy atom. The lowest BCUT2D eigenvalue weighted by Crippen LogP contribution is -2.62. The number of hydrogen-bond donors (Lipinski definition) is 0. The van der Waals surface area contributed by atoms with Crippen molar-refractivity contribution < 1.29 is 4.48 Å². The minimum atomic E-state index is 0.721. The fraction of sp³-hybridized carbons (Fsp3) is 1.00. The van der Waals surface area contributed by atoms with Gasteiger partial charge in [-0.05, 0) is 52.5 Å². The molecule has 0 saturated heterocycles. The minimum absolute atomic E-state index is 0.721. The van der Waals surface area contributed by atoms with Crippen LogP contribution in [0, 0.1) is 0 Å². The topological polar surface area (TPSA) is 0 Å². The highest BCUT2D eigenvalue weighted by Crippen LogP contribution is 2.25. The maximum absolute atomic E-state index is 2.38. The summed E-state index contributed by atoms with van der Waals surface area (Å²) < 4.78 is 1.26. The van der Waals surface area contributed by atoms with Crippen LogP contribution in [0.25, 0.3) is 0 Å². The van der Waals surface area contributed by atoms with E-state index in [1.165, 1.54) is 23.2 Å². The lowest BCUT2D eigenvalue weighted by Gasteiger charge is -2.49. The van der Waals surface area contributed by atoms with E-state index in [0.717, 1.165) is 23.4 Å². The van der Waals surface area contributed by atoms with Gasteiger partial charge in [-0.1, -0.05) is 13.8 Å². The Morgan fingerprint density at radius 2 is 1.18 bits per heavy atom. The number of quaternary nitrogens is 1. The molecule has 0 spiro atoms. The fourth-order valence-electron chi connectivity index (χ4n) is 3.22. The van der Waals surface area contributed by atoms with Gasteiger partial charge in [0.15, 0.2) is 0 Å². The van der Waals surface area contributed by atoms with Crippen LogP contribution < -0.4 is 0 Å². The van der Waals surface area contributed by atoms with Crippen LogP contribution in [0.4, 0.5) is 0 Å². The van der Waals surface area contributed by atoms with Crippen molar-refractivity contribution in [3.63, 3.8) is 0 Å². The molecule has 0 aromatic rings. The summed E-state index contributed by atoms with van der Waals surface area (Å²) in [6.07, 6.45) is 1.34. The zero-order valence-electron chi connectivity index (χ0n) is 13.3. The lowest BCUT2D eigenvalue weighted by atomic mass is 10.0. The summed E-state index contributed by atoms with van der Waals surface area (Å²) in [5.41, 5.74) is 0. The second kappa shape index (κ2) is 7.68. The number of thioether (sulfide) groups is 1. The Labute approximate surface area is 114 Å². The van der Waals surface area contributed by atoms with Gasteiger partial charge in [-0.2, -0.15) is 11.8 Å². The van der Waals surface area contributed by atoms with Gasteiger partial charge in [-0.3, -0.25) is 0 Å². The molecule has 0 unspecified atom stereocenters. The van der Waals surface area contributed by atoms with E-state index in [2.05, 4.69) is 67.2 Å². The maximum atomic E-state index is 2.38. The molecule has 0 aliphatic rings. The Hall–Kier alpha value is 0.310. The van der Waals surface area contributed by atoms with Crippen molar-refractivity contribution in [2.45, 2.75) is 85.2 Å². The van der Waals surface area contributed by atoms with Gasteiger partial charge < -0.3 is 4.48 Å². The first kappa shape index (κ1) is 17.3. The average molecular weight is 261 g/mol. The second-order valence-electron chi connectivity index (χ2n) is 6.27. The molecule has 0 rings (SSSR count). The summed E-state index contributed by atoms with van der Waals surface area (Å²) in [6, 6.07) is 2.16. The quantitative estimate of drug-likeness (QED) is 0.455. The molecule has 0 bridgehead atoms. The van der Waals surface area contributed by atoms with Crippen LogP contribution in [-0.4, -0.2) is 40.2 Å². The first-order chi connectivity index (χ1) is 7.75. The summed E-state index contributed by atoms with van der Waals surface area (Å²) in [5, 5.41) is 0.772. The molecule has 2 heteroatoms. The first-order valence-corrected chi connectivity index (χ1v) is 8.28. The van der Waals surface area contributed by atoms with Gasteiger partial charge in [0.25, 0.3) is 0 Å². The van der Waals surface area contributed by atoms with Crippen LogP contribution in [0.15, 0.2) is 0 Å². The molecule has 0 aliphatic heterocycles. The molecule has 0 radical (unpaired) electrons. The van der Waals surface area contributed by atoms with Gasteiger partial charge in [0.2, 0.25) is 0 Å². The Bertz CT molecular complexity index is 175. The predicted octanol–water partition coefficient (Wildman–Crippen LogP) is 4.56. The van der Waals surface area contributed by atoms with Crippen LogP contribution in [-0.2, 0) is 0 Å². The third-order valence-corrected chi connectivity index (χ3v) is 5.22. The van der Waals surface area contributed by atoms with Crippen molar-refractivity contribution in [2.24, 2.45) is 0 Å². The van der Waals surface area contributed by atoms with Crippen molar-refractivity contribution in [3.05, 3.63) is 0 Å². The molecule has 0 fully saturated rings.